The molecule has 22 heavy (non-hydrogen) atoms. The first-order valence-electron chi connectivity index (χ1n) is 6.47. The number of amides is 1. The van der Waals surface area contributed by atoms with Gasteiger partial charge in [0.05, 0.1) is 0 Å². The van der Waals surface area contributed by atoms with E-state index in [-0.39, 0.29) is 11.7 Å². The normalized spacial score (nSPS) is 10.6. The van der Waals surface area contributed by atoms with Gasteiger partial charge < -0.3 is 5.32 Å². The first kappa shape index (κ1) is 13.9. The van der Waals surface area contributed by atoms with Gasteiger partial charge in [-0.2, -0.15) is 0 Å². The molecule has 0 spiro atoms. The molecule has 0 saturated carbocycles. The second-order valence-corrected chi connectivity index (χ2v) is 4.71. The van der Waals surface area contributed by atoms with Crippen LogP contribution in [0.25, 0.3) is 16.9 Å². The molecule has 1 amide bonds. The summed E-state index contributed by atoms with van der Waals surface area (Å²) in [6.45, 7) is 1.42. The Labute approximate surface area is 124 Å². The SMILES string of the molecule is CC(=O)Nc1ccc(-c2nc3ccc(F)cn3c2N=O)cc1. The summed E-state index contributed by atoms with van der Waals surface area (Å²) in [5, 5.41) is 5.61. The van der Waals surface area contributed by atoms with E-state index in [0.29, 0.717) is 22.6 Å². The van der Waals surface area contributed by atoms with Crippen molar-refractivity contribution in [2.24, 2.45) is 5.18 Å². The zero-order chi connectivity index (χ0) is 15.7. The average molecular weight is 298 g/mol. The van der Waals surface area contributed by atoms with Gasteiger partial charge in [0, 0.05) is 24.4 Å². The lowest BCUT2D eigenvalue weighted by Crippen LogP contribution is -2.05. The first-order valence-corrected chi connectivity index (χ1v) is 6.47. The van der Waals surface area contributed by atoms with Crippen molar-refractivity contribution < 1.29 is 9.18 Å². The third-order valence-electron chi connectivity index (χ3n) is 3.12. The van der Waals surface area contributed by atoms with E-state index < -0.39 is 5.82 Å². The van der Waals surface area contributed by atoms with Gasteiger partial charge in [0.2, 0.25) is 11.7 Å². The zero-order valence-electron chi connectivity index (χ0n) is 11.6. The maximum atomic E-state index is 13.3. The van der Waals surface area contributed by atoms with E-state index in [1.54, 1.807) is 24.3 Å². The summed E-state index contributed by atoms with van der Waals surface area (Å²) < 4.78 is 14.6. The molecule has 3 rings (SSSR count). The number of hydrogen-bond donors (Lipinski definition) is 1. The van der Waals surface area contributed by atoms with E-state index in [1.807, 2.05) is 0 Å². The summed E-state index contributed by atoms with van der Waals surface area (Å²) in [5.41, 5.74) is 2.06. The number of anilines is 1. The van der Waals surface area contributed by atoms with Gasteiger partial charge >= 0.3 is 0 Å². The standard InChI is InChI=1S/C15H11FN4O2/c1-9(21)17-12-5-2-10(3-6-12)14-15(19-22)20-8-11(16)4-7-13(20)18-14/h2-8H,1H3,(H,17,21). The van der Waals surface area contributed by atoms with Crippen molar-refractivity contribution >= 4 is 23.1 Å². The minimum atomic E-state index is -0.484. The van der Waals surface area contributed by atoms with Crippen LogP contribution in [-0.4, -0.2) is 15.3 Å². The van der Waals surface area contributed by atoms with Gasteiger partial charge in [-0.1, -0.05) is 12.1 Å². The Balaban J connectivity index is 2.09. The molecule has 0 aliphatic carbocycles. The lowest BCUT2D eigenvalue weighted by molar-refractivity contribution is -0.114. The van der Waals surface area contributed by atoms with Crippen molar-refractivity contribution in [3.05, 3.63) is 53.3 Å². The van der Waals surface area contributed by atoms with Crippen LogP contribution in [0.2, 0.25) is 0 Å². The molecular formula is C15H11FN4O2. The highest BCUT2D eigenvalue weighted by atomic mass is 19.1. The number of benzene rings is 1. The van der Waals surface area contributed by atoms with Gasteiger partial charge in [0.15, 0.2) is 0 Å². The summed E-state index contributed by atoms with van der Waals surface area (Å²) in [5.74, 6) is -0.629. The maximum Gasteiger partial charge on any atom is 0.221 e. The second-order valence-electron chi connectivity index (χ2n) is 4.71. The Morgan fingerprint density at radius 3 is 2.59 bits per heavy atom. The van der Waals surface area contributed by atoms with Crippen LogP contribution in [0.1, 0.15) is 6.92 Å². The number of fused-ring (bicyclic) bond motifs is 1. The monoisotopic (exact) mass is 298 g/mol. The van der Waals surface area contributed by atoms with E-state index in [0.717, 1.165) is 6.20 Å². The minimum Gasteiger partial charge on any atom is -0.326 e. The van der Waals surface area contributed by atoms with Crippen molar-refractivity contribution in [1.29, 1.82) is 0 Å². The number of nitrogens with one attached hydrogen (secondary N) is 1. The largest absolute Gasteiger partial charge is 0.326 e. The number of pyridine rings is 1. The molecule has 2 heterocycles. The summed E-state index contributed by atoms with van der Waals surface area (Å²) in [6.07, 6.45) is 1.16. The fourth-order valence-corrected chi connectivity index (χ4v) is 2.20. The van der Waals surface area contributed by atoms with Crippen LogP contribution in [0.15, 0.2) is 47.8 Å². The van der Waals surface area contributed by atoms with Gasteiger partial charge in [-0.15, -0.1) is 4.91 Å². The predicted molar refractivity (Wildman–Crippen MR) is 80.3 cm³/mol. The molecule has 3 aromatic rings. The van der Waals surface area contributed by atoms with Crippen LogP contribution in [0.3, 0.4) is 0 Å². The predicted octanol–water partition coefficient (Wildman–Crippen LogP) is 3.50. The first-order chi connectivity index (χ1) is 10.6. The minimum absolute atomic E-state index is 0.0294. The van der Waals surface area contributed by atoms with Gasteiger partial charge in [0.25, 0.3) is 0 Å². The molecule has 0 aliphatic rings. The molecule has 0 fully saturated rings. The highest BCUT2D eigenvalue weighted by molar-refractivity contribution is 5.89. The lowest BCUT2D eigenvalue weighted by atomic mass is 10.1. The molecule has 0 atom stereocenters. The van der Waals surface area contributed by atoms with Gasteiger partial charge in [-0.25, -0.2) is 9.37 Å². The highest BCUT2D eigenvalue weighted by Gasteiger charge is 2.15. The van der Waals surface area contributed by atoms with Gasteiger partial charge in [-0.3, -0.25) is 9.20 Å². The van der Waals surface area contributed by atoms with Gasteiger partial charge in [0.1, 0.15) is 17.2 Å². The molecule has 0 radical (unpaired) electrons. The van der Waals surface area contributed by atoms with Crippen LogP contribution in [-0.2, 0) is 4.79 Å². The number of rotatable bonds is 3. The van der Waals surface area contributed by atoms with E-state index in [9.17, 15) is 14.1 Å². The molecular weight excluding hydrogens is 287 g/mol. The Bertz CT molecular complexity index is 871. The molecule has 0 saturated heterocycles. The smallest absolute Gasteiger partial charge is 0.221 e. The van der Waals surface area contributed by atoms with E-state index in [4.69, 9.17) is 0 Å². The number of hydrogen-bond acceptors (Lipinski definition) is 4. The summed E-state index contributed by atoms with van der Waals surface area (Å²) in [4.78, 5) is 26.4. The molecule has 0 aliphatic heterocycles. The quantitative estimate of drug-likeness (QED) is 0.752. The maximum absolute atomic E-state index is 13.3. The zero-order valence-corrected chi connectivity index (χ0v) is 11.6. The molecule has 6 nitrogen and oxygen atoms in total. The number of imidazole rings is 1. The topological polar surface area (TPSA) is 75.8 Å². The van der Waals surface area contributed by atoms with E-state index in [2.05, 4.69) is 15.5 Å². The number of carbonyl (C=O) groups excluding carboxylic acids is 1. The molecule has 2 aromatic heterocycles. The summed E-state index contributed by atoms with van der Waals surface area (Å²) >= 11 is 0. The van der Waals surface area contributed by atoms with E-state index >= 15 is 0 Å². The Morgan fingerprint density at radius 2 is 1.95 bits per heavy atom. The Morgan fingerprint density at radius 1 is 1.23 bits per heavy atom. The molecule has 0 bridgehead atoms. The number of nitrogens with zero attached hydrogens (tertiary/aromatic N) is 3. The molecule has 0 unspecified atom stereocenters. The molecule has 1 N–H and O–H groups in total. The highest BCUT2D eigenvalue weighted by Crippen LogP contribution is 2.31. The van der Waals surface area contributed by atoms with E-state index in [1.165, 1.54) is 23.5 Å². The molecule has 110 valence electrons. The van der Waals surface area contributed by atoms with Gasteiger partial charge in [-0.05, 0) is 29.4 Å². The van der Waals surface area contributed by atoms with Crippen molar-refractivity contribution in [3.8, 4) is 11.3 Å². The Hall–Kier alpha value is -3.09. The van der Waals surface area contributed by atoms with Crippen molar-refractivity contribution in [1.82, 2.24) is 9.38 Å². The van der Waals surface area contributed by atoms with Crippen LogP contribution in [0.5, 0.6) is 0 Å². The van der Waals surface area contributed by atoms with Crippen molar-refractivity contribution in [3.63, 3.8) is 0 Å². The van der Waals surface area contributed by atoms with Crippen LogP contribution in [0.4, 0.5) is 15.9 Å². The second kappa shape index (κ2) is 5.36. The fourth-order valence-electron chi connectivity index (χ4n) is 2.20. The number of aromatic nitrogens is 2. The van der Waals surface area contributed by atoms with Crippen LogP contribution in [0, 0.1) is 10.7 Å². The lowest BCUT2D eigenvalue weighted by Gasteiger charge is -2.03. The van der Waals surface area contributed by atoms with Crippen molar-refractivity contribution in [2.75, 3.05) is 5.32 Å². The van der Waals surface area contributed by atoms with Crippen molar-refractivity contribution in [2.45, 2.75) is 6.92 Å². The van der Waals surface area contributed by atoms with Crippen LogP contribution < -0.4 is 5.32 Å². The molecule has 7 heteroatoms. The number of nitroso groups, excluding NO2 is 1. The molecule has 1 aromatic carbocycles. The number of halogens is 1. The fraction of sp³-hybridized carbons (Fsp3) is 0.0667. The summed E-state index contributed by atoms with van der Waals surface area (Å²) in [7, 11) is 0. The average Bonchev–Trinajstić information content (AvgIpc) is 2.85. The number of carbonyl (C=O) groups is 1. The third kappa shape index (κ3) is 2.44. The van der Waals surface area contributed by atoms with Crippen LogP contribution >= 0.6 is 0 Å². The third-order valence-corrected chi connectivity index (χ3v) is 3.12. The Kier molecular flexibility index (Phi) is 3.38. The summed E-state index contributed by atoms with van der Waals surface area (Å²) in [6, 6.07) is 9.53.